The lowest BCUT2D eigenvalue weighted by atomic mass is 10.0. The number of benzene rings is 1. The van der Waals surface area contributed by atoms with E-state index in [4.69, 9.17) is 0 Å². The smallest absolute Gasteiger partial charge is 0.366 e. The van der Waals surface area contributed by atoms with Crippen LogP contribution in [0.5, 0.6) is 0 Å². The molecule has 12 heteroatoms. The second kappa shape index (κ2) is 9.51. The average molecular weight is 546 g/mol. The third kappa shape index (κ3) is 4.77. The number of likely N-dealkylation sites (N-methyl/N-ethyl adjacent to an activating group) is 1. The SMILES string of the molecule is CC(=O)N(C)c1cnn(C(=O)N2CC3CN(Cc4ccc(N5C[C@H]6C[C@H]5CN6C)cc4C(F)(F)F)CC3C2)c1. The topological polar surface area (TPSA) is 68.2 Å². The van der Waals surface area contributed by atoms with Gasteiger partial charge in [-0.05, 0) is 43.0 Å². The van der Waals surface area contributed by atoms with Crippen LogP contribution in [-0.2, 0) is 17.5 Å². The van der Waals surface area contributed by atoms with E-state index in [1.54, 1.807) is 18.0 Å². The van der Waals surface area contributed by atoms with Crippen LogP contribution < -0.4 is 9.80 Å². The maximum Gasteiger partial charge on any atom is 0.416 e. The summed E-state index contributed by atoms with van der Waals surface area (Å²) in [5.41, 5.74) is 0.960. The first-order valence-electron chi connectivity index (χ1n) is 13.5. The number of hydrogen-bond acceptors (Lipinski definition) is 6. The molecule has 0 saturated carbocycles. The molecular formula is C27H34F3N7O2. The van der Waals surface area contributed by atoms with Crippen LogP contribution in [0.25, 0.3) is 0 Å². The fraction of sp³-hybridized carbons (Fsp3) is 0.593. The number of likely N-dealkylation sites (tertiary alicyclic amines) is 3. The summed E-state index contributed by atoms with van der Waals surface area (Å²) in [6.07, 6.45) is -0.391. The van der Waals surface area contributed by atoms with Crippen molar-refractivity contribution in [3.8, 4) is 0 Å². The van der Waals surface area contributed by atoms with Crippen LogP contribution >= 0.6 is 0 Å². The van der Waals surface area contributed by atoms with Gasteiger partial charge in [0.2, 0.25) is 5.91 Å². The minimum Gasteiger partial charge on any atom is -0.366 e. The molecule has 2 amide bonds. The highest BCUT2D eigenvalue weighted by Crippen LogP contribution is 2.40. The van der Waals surface area contributed by atoms with Crippen molar-refractivity contribution in [1.29, 1.82) is 0 Å². The van der Waals surface area contributed by atoms with E-state index in [2.05, 4.69) is 26.8 Å². The van der Waals surface area contributed by atoms with Crippen molar-refractivity contribution in [2.45, 2.75) is 38.1 Å². The predicted octanol–water partition coefficient (Wildman–Crippen LogP) is 2.81. The van der Waals surface area contributed by atoms with Gasteiger partial charge in [-0.1, -0.05) is 6.07 Å². The first-order chi connectivity index (χ1) is 18.5. The second-order valence-corrected chi connectivity index (χ2v) is 11.6. The molecule has 4 saturated heterocycles. The number of anilines is 2. The monoisotopic (exact) mass is 545 g/mol. The van der Waals surface area contributed by atoms with Crippen LogP contribution in [0.3, 0.4) is 0 Å². The van der Waals surface area contributed by atoms with Gasteiger partial charge in [-0.2, -0.15) is 23.0 Å². The van der Waals surface area contributed by atoms with Gasteiger partial charge < -0.3 is 14.7 Å². The van der Waals surface area contributed by atoms with Crippen molar-refractivity contribution >= 4 is 23.3 Å². The van der Waals surface area contributed by atoms with Gasteiger partial charge in [0.25, 0.3) is 0 Å². The number of carbonyl (C=O) groups is 2. The van der Waals surface area contributed by atoms with Gasteiger partial charge in [0, 0.05) is 77.6 Å². The van der Waals surface area contributed by atoms with Gasteiger partial charge >= 0.3 is 12.2 Å². The van der Waals surface area contributed by atoms with Crippen LogP contribution in [0.15, 0.2) is 30.6 Å². The lowest BCUT2D eigenvalue weighted by Gasteiger charge is -2.34. The number of hydrogen-bond donors (Lipinski definition) is 0. The molecule has 210 valence electrons. The van der Waals surface area contributed by atoms with E-state index in [9.17, 15) is 22.8 Å². The number of piperazine rings is 1. The van der Waals surface area contributed by atoms with Crippen molar-refractivity contribution in [3.05, 3.63) is 41.7 Å². The van der Waals surface area contributed by atoms with Crippen molar-refractivity contribution in [2.75, 3.05) is 63.2 Å². The molecule has 4 fully saturated rings. The van der Waals surface area contributed by atoms with Crippen molar-refractivity contribution in [3.63, 3.8) is 0 Å². The Bertz CT molecular complexity index is 1260. The van der Waals surface area contributed by atoms with Crippen LogP contribution in [-0.4, -0.2) is 102 Å². The molecule has 1 aromatic carbocycles. The molecular weight excluding hydrogens is 511 g/mol. The largest absolute Gasteiger partial charge is 0.416 e. The number of aromatic nitrogens is 2. The molecule has 0 aliphatic carbocycles. The van der Waals surface area contributed by atoms with E-state index in [0.29, 0.717) is 49.2 Å². The molecule has 9 nitrogen and oxygen atoms in total. The summed E-state index contributed by atoms with van der Waals surface area (Å²) in [7, 11) is 3.70. The van der Waals surface area contributed by atoms with E-state index in [1.807, 2.05) is 6.07 Å². The number of nitrogens with zero attached hydrogens (tertiary/aromatic N) is 7. The Kier molecular flexibility index (Phi) is 6.37. The van der Waals surface area contributed by atoms with Gasteiger partial charge in [-0.15, -0.1) is 0 Å². The predicted molar refractivity (Wildman–Crippen MR) is 140 cm³/mol. The molecule has 0 spiro atoms. The molecule has 4 aliphatic rings. The van der Waals surface area contributed by atoms with Gasteiger partial charge in [0.15, 0.2) is 0 Å². The summed E-state index contributed by atoms with van der Waals surface area (Å²) in [6, 6.07) is 5.29. The van der Waals surface area contributed by atoms with Crippen LogP contribution in [0, 0.1) is 11.8 Å². The minimum absolute atomic E-state index is 0.156. The first kappa shape index (κ1) is 26.1. The number of rotatable bonds is 4. The summed E-state index contributed by atoms with van der Waals surface area (Å²) in [5.74, 6) is 0.251. The van der Waals surface area contributed by atoms with E-state index in [1.165, 1.54) is 35.0 Å². The molecule has 0 radical (unpaired) electrons. The summed E-state index contributed by atoms with van der Waals surface area (Å²) >= 11 is 0. The molecule has 2 unspecified atom stereocenters. The molecule has 6 rings (SSSR count). The second-order valence-electron chi connectivity index (χ2n) is 11.6. The maximum absolute atomic E-state index is 14.1. The van der Waals surface area contributed by atoms with E-state index < -0.39 is 11.7 Å². The lowest BCUT2D eigenvalue weighted by Crippen LogP contribution is -2.44. The zero-order valence-corrected chi connectivity index (χ0v) is 22.4. The maximum atomic E-state index is 14.1. The van der Waals surface area contributed by atoms with Crippen LogP contribution in [0.2, 0.25) is 0 Å². The molecule has 4 aliphatic heterocycles. The molecule has 1 aromatic heterocycles. The summed E-state index contributed by atoms with van der Waals surface area (Å²) in [6.45, 7) is 5.71. The van der Waals surface area contributed by atoms with E-state index >= 15 is 0 Å². The Balaban J connectivity index is 1.10. The normalized spacial score (nSPS) is 27.0. The summed E-state index contributed by atoms with van der Waals surface area (Å²) in [4.78, 5) is 34.3. The average Bonchev–Trinajstić information content (AvgIpc) is 3.68. The Morgan fingerprint density at radius 3 is 2.36 bits per heavy atom. The molecule has 5 heterocycles. The van der Waals surface area contributed by atoms with Crippen LogP contribution in [0.4, 0.5) is 29.3 Å². The van der Waals surface area contributed by atoms with E-state index in [0.717, 1.165) is 19.5 Å². The van der Waals surface area contributed by atoms with Crippen molar-refractivity contribution < 1.29 is 22.8 Å². The van der Waals surface area contributed by atoms with Gasteiger partial charge in [-0.3, -0.25) is 14.6 Å². The molecule has 0 N–H and O–H groups in total. The number of fused-ring (bicyclic) bond motifs is 3. The third-order valence-electron chi connectivity index (χ3n) is 9.10. The molecule has 4 atom stereocenters. The molecule has 39 heavy (non-hydrogen) atoms. The Hall–Kier alpha value is -3.12. The first-order valence-corrected chi connectivity index (χ1v) is 13.5. The Labute approximate surface area is 225 Å². The highest BCUT2D eigenvalue weighted by atomic mass is 19.4. The number of alkyl halides is 3. The van der Waals surface area contributed by atoms with Crippen molar-refractivity contribution in [2.24, 2.45) is 11.8 Å². The highest BCUT2D eigenvalue weighted by molar-refractivity contribution is 5.91. The van der Waals surface area contributed by atoms with E-state index in [-0.39, 0.29) is 36.4 Å². The van der Waals surface area contributed by atoms with Crippen LogP contribution in [0.1, 0.15) is 24.5 Å². The molecule has 2 aromatic rings. The van der Waals surface area contributed by atoms with Gasteiger partial charge in [0.05, 0.1) is 23.6 Å². The lowest BCUT2D eigenvalue weighted by molar-refractivity contribution is -0.138. The summed E-state index contributed by atoms with van der Waals surface area (Å²) in [5, 5.41) is 4.12. The third-order valence-corrected chi connectivity index (χ3v) is 9.10. The zero-order chi connectivity index (χ0) is 27.6. The summed E-state index contributed by atoms with van der Waals surface area (Å²) < 4.78 is 43.7. The Morgan fingerprint density at radius 1 is 1.05 bits per heavy atom. The fourth-order valence-corrected chi connectivity index (χ4v) is 6.86. The number of amides is 2. The van der Waals surface area contributed by atoms with Crippen molar-refractivity contribution in [1.82, 2.24) is 24.5 Å². The molecule has 2 bridgehead atoms. The fourth-order valence-electron chi connectivity index (χ4n) is 6.86. The highest BCUT2D eigenvalue weighted by Gasteiger charge is 2.44. The number of halogens is 3. The number of carbonyl (C=O) groups excluding carboxylic acids is 2. The quantitative estimate of drug-likeness (QED) is 0.589. The standard InChI is InChI=1S/C27H34F3N7O2/c1-17(38)33(3)24-8-31-37(16-24)26(39)35-12-19-10-34(11-20(19)13-35)9-18-4-5-21(7-25(18)27(28,29)30)36-15-22-6-23(36)14-32(22)2/h4-5,7-8,16,19-20,22-23H,6,9-15H2,1-3H3/t19?,20?,22-,23+/m1/s1. The van der Waals surface area contributed by atoms with Gasteiger partial charge in [-0.25, -0.2) is 4.79 Å². The van der Waals surface area contributed by atoms with Gasteiger partial charge in [0.1, 0.15) is 0 Å². The Morgan fingerprint density at radius 2 is 1.77 bits per heavy atom. The minimum atomic E-state index is -4.42. The zero-order valence-electron chi connectivity index (χ0n) is 22.4.